The Balaban J connectivity index is 1.77. The number of ether oxygens (including phenoxy) is 2. The van der Waals surface area contributed by atoms with Gasteiger partial charge >= 0.3 is 5.97 Å². The van der Waals surface area contributed by atoms with E-state index >= 15 is 0 Å². The fourth-order valence-corrected chi connectivity index (χ4v) is 2.77. The summed E-state index contributed by atoms with van der Waals surface area (Å²) in [6, 6.07) is 11.7. The SMILES string of the molecule is COc1ccc2ccc(C(C)C(=O)OCCCCCCO[N+](=O)[O-])cc2c1. The average molecular weight is 375 g/mol. The third-order valence-corrected chi connectivity index (χ3v) is 4.40. The fourth-order valence-electron chi connectivity index (χ4n) is 2.77. The highest BCUT2D eigenvalue weighted by Gasteiger charge is 2.17. The highest BCUT2D eigenvalue weighted by atomic mass is 16.9. The van der Waals surface area contributed by atoms with E-state index in [2.05, 4.69) is 4.84 Å². The van der Waals surface area contributed by atoms with E-state index in [1.165, 1.54) is 0 Å². The van der Waals surface area contributed by atoms with Crippen molar-refractivity contribution in [3.63, 3.8) is 0 Å². The van der Waals surface area contributed by atoms with Crippen molar-refractivity contribution in [2.24, 2.45) is 0 Å². The first-order valence-electron chi connectivity index (χ1n) is 9.03. The van der Waals surface area contributed by atoms with Crippen LogP contribution in [0.3, 0.4) is 0 Å². The minimum absolute atomic E-state index is 0.108. The number of fused-ring (bicyclic) bond motifs is 1. The quantitative estimate of drug-likeness (QED) is 0.252. The van der Waals surface area contributed by atoms with Crippen molar-refractivity contribution in [2.75, 3.05) is 20.3 Å². The van der Waals surface area contributed by atoms with Gasteiger partial charge in [0.15, 0.2) is 0 Å². The summed E-state index contributed by atoms with van der Waals surface area (Å²) >= 11 is 0. The van der Waals surface area contributed by atoms with Gasteiger partial charge < -0.3 is 14.3 Å². The van der Waals surface area contributed by atoms with Crippen LogP contribution in [0.25, 0.3) is 10.8 Å². The Morgan fingerprint density at radius 1 is 1.04 bits per heavy atom. The van der Waals surface area contributed by atoms with Crippen molar-refractivity contribution in [2.45, 2.75) is 38.5 Å². The Bertz CT molecular complexity index is 776. The van der Waals surface area contributed by atoms with Gasteiger partial charge in [-0.3, -0.25) is 4.79 Å². The lowest BCUT2D eigenvalue weighted by molar-refractivity contribution is -0.757. The number of esters is 1. The van der Waals surface area contributed by atoms with Gasteiger partial charge in [-0.15, -0.1) is 10.1 Å². The van der Waals surface area contributed by atoms with E-state index < -0.39 is 5.09 Å². The zero-order valence-electron chi connectivity index (χ0n) is 15.7. The first-order chi connectivity index (χ1) is 13.0. The second-order valence-corrected chi connectivity index (χ2v) is 6.33. The number of nitrogens with zero attached hydrogens (tertiary/aromatic N) is 1. The van der Waals surface area contributed by atoms with E-state index in [9.17, 15) is 14.9 Å². The predicted octanol–water partition coefficient (Wildman–Crippen LogP) is 4.26. The molecule has 0 spiro atoms. The molecule has 0 fully saturated rings. The molecule has 0 radical (unpaired) electrons. The summed E-state index contributed by atoms with van der Waals surface area (Å²) < 4.78 is 10.6. The molecule has 146 valence electrons. The van der Waals surface area contributed by atoms with Crippen LogP contribution in [0.4, 0.5) is 0 Å². The third kappa shape index (κ3) is 6.44. The maximum Gasteiger partial charge on any atom is 0.313 e. The fraction of sp³-hybridized carbons (Fsp3) is 0.450. The predicted molar refractivity (Wildman–Crippen MR) is 101 cm³/mol. The summed E-state index contributed by atoms with van der Waals surface area (Å²) in [6.07, 6.45) is 2.98. The number of hydrogen-bond acceptors (Lipinski definition) is 6. The number of benzene rings is 2. The van der Waals surface area contributed by atoms with Gasteiger partial charge in [0.1, 0.15) is 5.75 Å². The summed E-state index contributed by atoms with van der Waals surface area (Å²) in [5, 5.41) is 11.3. The Hall–Kier alpha value is -2.83. The molecule has 27 heavy (non-hydrogen) atoms. The molecule has 0 heterocycles. The van der Waals surface area contributed by atoms with Crippen molar-refractivity contribution in [1.82, 2.24) is 0 Å². The highest BCUT2D eigenvalue weighted by Crippen LogP contribution is 2.26. The van der Waals surface area contributed by atoms with Gasteiger partial charge in [0.05, 0.1) is 26.2 Å². The minimum Gasteiger partial charge on any atom is -0.497 e. The number of carbonyl (C=O) groups excluding carboxylic acids is 1. The lowest BCUT2D eigenvalue weighted by atomic mass is 9.98. The van der Waals surface area contributed by atoms with Gasteiger partial charge in [0, 0.05) is 0 Å². The minimum atomic E-state index is -0.786. The molecule has 2 rings (SSSR count). The molecule has 7 nitrogen and oxygen atoms in total. The molecular formula is C20H25NO6. The largest absolute Gasteiger partial charge is 0.497 e. The second kappa shape index (κ2) is 10.4. The molecule has 2 aromatic carbocycles. The Labute approximate surface area is 158 Å². The molecule has 0 saturated carbocycles. The van der Waals surface area contributed by atoms with E-state index in [-0.39, 0.29) is 18.5 Å². The van der Waals surface area contributed by atoms with Crippen LogP contribution in [0.5, 0.6) is 5.75 Å². The van der Waals surface area contributed by atoms with Crippen LogP contribution in [0, 0.1) is 10.1 Å². The van der Waals surface area contributed by atoms with Crippen molar-refractivity contribution < 1.29 is 24.2 Å². The standard InChI is InChI=1S/C20H25NO6/c1-15(20(22)26-11-5-3-4-6-12-27-21(23)24)17-8-7-16-9-10-19(25-2)14-18(16)13-17/h7-10,13-15H,3-6,11-12H2,1-2H3. The van der Waals surface area contributed by atoms with Gasteiger partial charge in [0.25, 0.3) is 5.09 Å². The normalized spacial score (nSPS) is 11.8. The number of unbranched alkanes of at least 4 members (excludes halogenated alkanes) is 3. The molecular weight excluding hydrogens is 350 g/mol. The Kier molecular flexibility index (Phi) is 7.85. The monoisotopic (exact) mass is 375 g/mol. The summed E-state index contributed by atoms with van der Waals surface area (Å²) in [5.74, 6) is 0.168. The summed E-state index contributed by atoms with van der Waals surface area (Å²) in [4.78, 5) is 26.5. The Morgan fingerprint density at radius 2 is 1.74 bits per heavy atom. The zero-order valence-corrected chi connectivity index (χ0v) is 15.7. The van der Waals surface area contributed by atoms with E-state index in [1.807, 2.05) is 43.3 Å². The van der Waals surface area contributed by atoms with E-state index in [1.54, 1.807) is 7.11 Å². The average Bonchev–Trinajstić information content (AvgIpc) is 2.68. The molecule has 0 aliphatic carbocycles. The van der Waals surface area contributed by atoms with Crippen molar-refractivity contribution in [1.29, 1.82) is 0 Å². The van der Waals surface area contributed by atoms with Gasteiger partial charge in [0.2, 0.25) is 0 Å². The first-order valence-corrected chi connectivity index (χ1v) is 9.03. The molecule has 1 atom stereocenters. The van der Waals surface area contributed by atoms with Gasteiger partial charge in [-0.1, -0.05) is 30.7 Å². The molecule has 2 aromatic rings. The molecule has 7 heteroatoms. The van der Waals surface area contributed by atoms with Gasteiger partial charge in [-0.2, -0.15) is 0 Å². The van der Waals surface area contributed by atoms with Crippen molar-refractivity contribution in [3.05, 3.63) is 52.1 Å². The topological polar surface area (TPSA) is 87.9 Å². The summed E-state index contributed by atoms with van der Waals surface area (Å²) in [5.41, 5.74) is 0.901. The van der Waals surface area contributed by atoms with Crippen LogP contribution in [-0.4, -0.2) is 31.4 Å². The van der Waals surface area contributed by atoms with Crippen molar-refractivity contribution >= 4 is 16.7 Å². The van der Waals surface area contributed by atoms with Crippen LogP contribution in [0.15, 0.2) is 36.4 Å². The smallest absolute Gasteiger partial charge is 0.313 e. The van der Waals surface area contributed by atoms with Crippen LogP contribution in [0.1, 0.15) is 44.1 Å². The van der Waals surface area contributed by atoms with E-state index in [0.717, 1.165) is 41.3 Å². The molecule has 0 aliphatic heterocycles. The lowest BCUT2D eigenvalue weighted by Gasteiger charge is -2.13. The zero-order chi connectivity index (χ0) is 19.6. The van der Waals surface area contributed by atoms with Gasteiger partial charge in [-0.05, 0) is 54.7 Å². The molecule has 0 N–H and O–H groups in total. The van der Waals surface area contributed by atoms with Crippen LogP contribution >= 0.6 is 0 Å². The van der Waals surface area contributed by atoms with Crippen LogP contribution < -0.4 is 4.74 Å². The lowest BCUT2D eigenvalue weighted by Crippen LogP contribution is -2.14. The van der Waals surface area contributed by atoms with E-state index in [4.69, 9.17) is 9.47 Å². The molecule has 0 saturated heterocycles. The maximum atomic E-state index is 12.3. The molecule has 0 aromatic heterocycles. The summed E-state index contributed by atoms with van der Waals surface area (Å²) in [6.45, 7) is 2.29. The molecule has 0 aliphatic rings. The maximum absolute atomic E-state index is 12.3. The molecule has 0 amide bonds. The number of methoxy groups -OCH3 is 1. The van der Waals surface area contributed by atoms with Gasteiger partial charge in [-0.25, -0.2) is 0 Å². The molecule has 1 unspecified atom stereocenters. The number of carbonyl (C=O) groups is 1. The summed E-state index contributed by atoms with van der Waals surface area (Å²) in [7, 11) is 1.63. The van der Waals surface area contributed by atoms with Crippen LogP contribution in [0.2, 0.25) is 0 Å². The van der Waals surface area contributed by atoms with Crippen LogP contribution in [-0.2, 0) is 14.4 Å². The first kappa shape index (κ1) is 20.5. The number of rotatable bonds is 11. The Morgan fingerprint density at radius 3 is 2.44 bits per heavy atom. The number of hydrogen-bond donors (Lipinski definition) is 0. The second-order valence-electron chi connectivity index (χ2n) is 6.33. The van der Waals surface area contributed by atoms with E-state index in [0.29, 0.717) is 13.0 Å². The highest BCUT2D eigenvalue weighted by molar-refractivity contribution is 5.86. The third-order valence-electron chi connectivity index (χ3n) is 4.40. The van der Waals surface area contributed by atoms with Crippen molar-refractivity contribution in [3.8, 4) is 5.75 Å². The molecule has 0 bridgehead atoms.